The van der Waals surface area contributed by atoms with Crippen LogP contribution in [0.5, 0.6) is 0 Å². The number of rotatable bonds is 3. The van der Waals surface area contributed by atoms with Gasteiger partial charge in [-0.1, -0.05) is 12.1 Å². The number of nitrogens with two attached hydrogens (primary N) is 1. The zero-order valence-electron chi connectivity index (χ0n) is 11.6. The number of aliphatic hydroxyl groups is 1. The summed E-state index contributed by atoms with van der Waals surface area (Å²) in [6, 6.07) is 5.89. The van der Waals surface area contributed by atoms with Gasteiger partial charge in [0.1, 0.15) is 5.82 Å². The smallest absolute Gasteiger partial charge is 0.225 e. The fourth-order valence-corrected chi connectivity index (χ4v) is 2.65. The number of nitrogens with zero attached hydrogens (tertiary/aromatic N) is 1. The highest BCUT2D eigenvalue weighted by atomic mass is 19.1. The van der Waals surface area contributed by atoms with Crippen LogP contribution in [0, 0.1) is 11.7 Å². The van der Waals surface area contributed by atoms with Crippen molar-refractivity contribution in [3.63, 3.8) is 0 Å². The van der Waals surface area contributed by atoms with Gasteiger partial charge in [-0.15, -0.1) is 0 Å². The van der Waals surface area contributed by atoms with Crippen molar-refractivity contribution in [2.75, 3.05) is 7.05 Å². The molecule has 0 spiro atoms. The first-order valence-electron chi connectivity index (χ1n) is 6.90. The summed E-state index contributed by atoms with van der Waals surface area (Å²) in [5.74, 6) is -0.442. The van der Waals surface area contributed by atoms with Crippen LogP contribution in [0.2, 0.25) is 0 Å². The molecule has 2 rings (SSSR count). The summed E-state index contributed by atoms with van der Waals surface area (Å²) in [5, 5.41) is 9.76. The van der Waals surface area contributed by atoms with E-state index in [1.165, 1.54) is 12.1 Å². The van der Waals surface area contributed by atoms with E-state index in [-0.39, 0.29) is 23.7 Å². The molecule has 20 heavy (non-hydrogen) atoms. The first-order valence-corrected chi connectivity index (χ1v) is 6.90. The van der Waals surface area contributed by atoms with Crippen LogP contribution in [0.1, 0.15) is 24.8 Å². The van der Waals surface area contributed by atoms with E-state index >= 15 is 0 Å². The molecule has 0 unspecified atom stereocenters. The first kappa shape index (κ1) is 14.9. The molecule has 0 aromatic heterocycles. The van der Waals surface area contributed by atoms with Crippen molar-refractivity contribution >= 4 is 5.91 Å². The van der Waals surface area contributed by atoms with Crippen molar-refractivity contribution in [1.29, 1.82) is 0 Å². The molecule has 1 amide bonds. The molecule has 1 fully saturated rings. The lowest BCUT2D eigenvalue weighted by Crippen LogP contribution is -2.44. The van der Waals surface area contributed by atoms with E-state index in [4.69, 9.17) is 5.73 Å². The molecule has 0 radical (unpaired) electrons. The minimum atomic E-state index is -0.600. The molecule has 0 bridgehead atoms. The summed E-state index contributed by atoms with van der Waals surface area (Å²) < 4.78 is 12.8. The average molecular weight is 280 g/mol. The largest absolute Gasteiger partial charge is 0.391 e. The molecule has 0 heterocycles. The fourth-order valence-electron chi connectivity index (χ4n) is 2.65. The number of hydrogen-bond acceptors (Lipinski definition) is 3. The van der Waals surface area contributed by atoms with Crippen LogP contribution in [0.4, 0.5) is 4.39 Å². The maximum atomic E-state index is 12.8. The predicted octanol–water partition coefficient (Wildman–Crippen LogP) is 1.27. The van der Waals surface area contributed by atoms with Gasteiger partial charge in [-0.25, -0.2) is 4.39 Å². The van der Waals surface area contributed by atoms with Crippen LogP contribution in [-0.4, -0.2) is 35.1 Å². The number of carbonyl (C=O) groups is 1. The standard InChI is InChI=1S/C15H21FN2O2/c1-18(9-10-2-5-12(16)6-3-10)15(20)11-4-7-13(17)14(19)8-11/h2-3,5-6,11,13-14,19H,4,7-9,17H2,1H3/t11-,13-,14-/m0/s1. The summed E-state index contributed by atoms with van der Waals surface area (Å²) >= 11 is 0. The van der Waals surface area contributed by atoms with Crippen molar-refractivity contribution in [2.45, 2.75) is 38.0 Å². The number of carbonyl (C=O) groups excluding carboxylic acids is 1. The van der Waals surface area contributed by atoms with Crippen molar-refractivity contribution in [2.24, 2.45) is 11.7 Å². The van der Waals surface area contributed by atoms with E-state index in [9.17, 15) is 14.3 Å². The second-order valence-electron chi connectivity index (χ2n) is 5.56. The molecule has 1 aliphatic carbocycles. The maximum absolute atomic E-state index is 12.8. The minimum Gasteiger partial charge on any atom is -0.391 e. The Hall–Kier alpha value is -1.46. The Bertz CT molecular complexity index is 463. The topological polar surface area (TPSA) is 66.6 Å². The van der Waals surface area contributed by atoms with Gasteiger partial charge in [-0.05, 0) is 37.0 Å². The highest BCUT2D eigenvalue weighted by molar-refractivity contribution is 5.78. The van der Waals surface area contributed by atoms with Gasteiger partial charge in [0.15, 0.2) is 0 Å². The Balaban J connectivity index is 1.93. The third-order valence-electron chi connectivity index (χ3n) is 3.93. The zero-order valence-corrected chi connectivity index (χ0v) is 11.6. The quantitative estimate of drug-likeness (QED) is 0.876. The molecule has 0 aliphatic heterocycles. The van der Waals surface area contributed by atoms with Crippen molar-refractivity contribution in [1.82, 2.24) is 4.90 Å². The van der Waals surface area contributed by atoms with Crippen molar-refractivity contribution in [3.05, 3.63) is 35.6 Å². The third-order valence-corrected chi connectivity index (χ3v) is 3.93. The molecular weight excluding hydrogens is 259 g/mol. The van der Waals surface area contributed by atoms with Crippen LogP contribution < -0.4 is 5.73 Å². The monoisotopic (exact) mass is 280 g/mol. The van der Waals surface area contributed by atoms with E-state index < -0.39 is 6.10 Å². The molecule has 3 N–H and O–H groups in total. The Morgan fingerprint density at radius 2 is 2.05 bits per heavy atom. The maximum Gasteiger partial charge on any atom is 0.225 e. The second-order valence-corrected chi connectivity index (χ2v) is 5.56. The molecule has 1 aromatic rings. The van der Waals surface area contributed by atoms with E-state index in [0.29, 0.717) is 25.8 Å². The van der Waals surface area contributed by atoms with Crippen LogP contribution in [0.3, 0.4) is 0 Å². The number of hydrogen-bond donors (Lipinski definition) is 2. The van der Waals surface area contributed by atoms with E-state index in [2.05, 4.69) is 0 Å². The van der Waals surface area contributed by atoms with Crippen LogP contribution in [-0.2, 0) is 11.3 Å². The summed E-state index contributed by atoms with van der Waals surface area (Å²) in [4.78, 5) is 13.9. The third kappa shape index (κ3) is 3.55. The summed E-state index contributed by atoms with van der Waals surface area (Å²) in [6.07, 6.45) is 1.21. The Labute approximate surface area is 118 Å². The van der Waals surface area contributed by atoms with Crippen LogP contribution in [0.25, 0.3) is 0 Å². The van der Waals surface area contributed by atoms with Gasteiger partial charge < -0.3 is 15.7 Å². The van der Waals surface area contributed by atoms with Gasteiger partial charge in [-0.2, -0.15) is 0 Å². The molecule has 110 valence electrons. The van der Waals surface area contributed by atoms with Crippen molar-refractivity contribution < 1.29 is 14.3 Å². The lowest BCUT2D eigenvalue weighted by atomic mass is 9.83. The molecule has 1 saturated carbocycles. The normalized spacial score (nSPS) is 26.3. The Morgan fingerprint density at radius 1 is 1.40 bits per heavy atom. The van der Waals surface area contributed by atoms with Gasteiger partial charge in [0.05, 0.1) is 6.10 Å². The van der Waals surface area contributed by atoms with Gasteiger partial charge >= 0.3 is 0 Å². The fraction of sp³-hybridized carbons (Fsp3) is 0.533. The van der Waals surface area contributed by atoms with Crippen molar-refractivity contribution in [3.8, 4) is 0 Å². The highest BCUT2D eigenvalue weighted by Gasteiger charge is 2.32. The number of aliphatic hydroxyl groups excluding tert-OH is 1. The molecule has 0 saturated heterocycles. The zero-order chi connectivity index (χ0) is 14.7. The molecule has 4 nitrogen and oxygen atoms in total. The molecule has 5 heteroatoms. The lowest BCUT2D eigenvalue weighted by Gasteiger charge is -2.32. The van der Waals surface area contributed by atoms with E-state index in [1.54, 1.807) is 24.1 Å². The Morgan fingerprint density at radius 3 is 2.65 bits per heavy atom. The molecule has 1 aromatic carbocycles. The number of halogens is 1. The van der Waals surface area contributed by atoms with Gasteiger partial charge in [0, 0.05) is 25.6 Å². The first-order chi connectivity index (χ1) is 9.47. The SMILES string of the molecule is CN(Cc1ccc(F)cc1)C(=O)[C@H]1CC[C@H](N)[C@@H](O)C1. The molecule has 1 aliphatic rings. The van der Waals surface area contributed by atoms with Gasteiger partial charge in [-0.3, -0.25) is 4.79 Å². The number of amides is 1. The summed E-state index contributed by atoms with van der Waals surface area (Å²) in [7, 11) is 1.73. The predicted molar refractivity (Wildman–Crippen MR) is 74.2 cm³/mol. The summed E-state index contributed by atoms with van der Waals surface area (Å²) in [5.41, 5.74) is 6.63. The van der Waals surface area contributed by atoms with E-state index in [1.807, 2.05) is 0 Å². The highest BCUT2D eigenvalue weighted by Crippen LogP contribution is 2.25. The lowest BCUT2D eigenvalue weighted by molar-refractivity contribution is -0.137. The second kappa shape index (κ2) is 6.33. The Kier molecular flexibility index (Phi) is 4.73. The average Bonchev–Trinajstić information content (AvgIpc) is 2.43. The summed E-state index contributed by atoms with van der Waals surface area (Å²) in [6.45, 7) is 0.442. The van der Waals surface area contributed by atoms with Gasteiger partial charge in [0.25, 0.3) is 0 Å². The van der Waals surface area contributed by atoms with E-state index in [0.717, 1.165) is 5.56 Å². The van der Waals surface area contributed by atoms with Gasteiger partial charge in [0.2, 0.25) is 5.91 Å². The van der Waals surface area contributed by atoms with Crippen LogP contribution >= 0.6 is 0 Å². The molecular formula is C15H21FN2O2. The number of benzene rings is 1. The van der Waals surface area contributed by atoms with Crippen LogP contribution in [0.15, 0.2) is 24.3 Å². The molecule has 3 atom stereocenters. The minimum absolute atomic E-state index is 0.0141.